The van der Waals surface area contributed by atoms with E-state index in [9.17, 15) is 0 Å². The molecule has 0 radical (unpaired) electrons. The zero-order chi connectivity index (χ0) is 7.28. The maximum Gasteiger partial charge on any atom is 0.184 e. The summed E-state index contributed by atoms with van der Waals surface area (Å²) in [6.45, 7) is 5.03. The van der Waals surface area contributed by atoms with Gasteiger partial charge < -0.3 is 9.64 Å². The SMILES string of the molecule is CC=C(OC)N(C)CC. The van der Waals surface area contributed by atoms with Crippen LogP contribution in [0.3, 0.4) is 0 Å². The van der Waals surface area contributed by atoms with E-state index < -0.39 is 0 Å². The van der Waals surface area contributed by atoms with Gasteiger partial charge in [0.15, 0.2) is 5.88 Å². The molecule has 0 fully saturated rings. The summed E-state index contributed by atoms with van der Waals surface area (Å²) >= 11 is 0. The molecule has 54 valence electrons. The number of hydrogen-bond donors (Lipinski definition) is 0. The van der Waals surface area contributed by atoms with Crippen LogP contribution < -0.4 is 0 Å². The number of rotatable bonds is 3. The lowest BCUT2D eigenvalue weighted by Crippen LogP contribution is -2.17. The van der Waals surface area contributed by atoms with Crippen LogP contribution in [0.15, 0.2) is 12.0 Å². The monoisotopic (exact) mass is 129 g/mol. The Balaban J connectivity index is 3.80. The van der Waals surface area contributed by atoms with Crippen molar-refractivity contribution in [3.05, 3.63) is 12.0 Å². The third-order valence-electron chi connectivity index (χ3n) is 1.31. The summed E-state index contributed by atoms with van der Waals surface area (Å²) in [5.74, 6) is 0.928. The van der Waals surface area contributed by atoms with Crippen LogP contribution in [0.25, 0.3) is 0 Å². The molecule has 0 aliphatic carbocycles. The van der Waals surface area contributed by atoms with Crippen LogP contribution in [0.5, 0.6) is 0 Å². The Kier molecular flexibility index (Phi) is 3.93. The van der Waals surface area contributed by atoms with E-state index in [1.54, 1.807) is 7.11 Å². The lowest BCUT2D eigenvalue weighted by molar-refractivity contribution is 0.178. The molecule has 0 aromatic rings. The van der Waals surface area contributed by atoms with Crippen LogP contribution in [0.2, 0.25) is 0 Å². The van der Waals surface area contributed by atoms with Gasteiger partial charge in [0, 0.05) is 13.6 Å². The highest BCUT2D eigenvalue weighted by Crippen LogP contribution is 1.99. The Hall–Kier alpha value is -0.660. The molecule has 0 aromatic carbocycles. The van der Waals surface area contributed by atoms with Crippen molar-refractivity contribution in [3.63, 3.8) is 0 Å². The lowest BCUT2D eigenvalue weighted by Gasteiger charge is -2.18. The molecular formula is C7H15NO. The number of nitrogens with zero attached hydrogens (tertiary/aromatic N) is 1. The van der Waals surface area contributed by atoms with E-state index >= 15 is 0 Å². The second kappa shape index (κ2) is 4.24. The molecule has 0 atom stereocenters. The Labute approximate surface area is 57.1 Å². The predicted molar refractivity (Wildman–Crippen MR) is 39.1 cm³/mol. The zero-order valence-electron chi connectivity index (χ0n) is 6.64. The van der Waals surface area contributed by atoms with Crippen LogP contribution in [-0.2, 0) is 4.74 Å². The number of ether oxygens (including phenoxy) is 1. The molecule has 0 bridgehead atoms. The first-order valence-electron chi connectivity index (χ1n) is 3.17. The van der Waals surface area contributed by atoms with E-state index in [1.165, 1.54) is 0 Å². The molecule has 2 nitrogen and oxygen atoms in total. The highest BCUT2D eigenvalue weighted by atomic mass is 16.5. The predicted octanol–water partition coefficient (Wildman–Crippen LogP) is 1.45. The minimum absolute atomic E-state index is 0.928. The van der Waals surface area contributed by atoms with E-state index in [0.29, 0.717) is 0 Å². The first-order valence-corrected chi connectivity index (χ1v) is 3.17. The number of methoxy groups -OCH3 is 1. The standard InChI is InChI=1S/C7H15NO/c1-5-7(9-4)8(3)6-2/h5H,6H2,1-4H3. The molecule has 0 aliphatic heterocycles. The Morgan fingerprint density at radius 3 is 2.33 bits per heavy atom. The summed E-state index contributed by atoms with van der Waals surface area (Å²) in [6.07, 6.45) is 1.95. The largest absolute Gasteiger partial charge is 0.483 e. The smallest absolute Gasteiger partial charge is 0.184 e. The fourth-order valence-electron chi connectivity index (χ4n) is 0.650. The summed E-state index contributed by atoms with van der Waals surface area (Å²) in [5, 5.41) is 0. The third-order valence-corrected chi connectivity index (χ3v) is 1.31. The van der Waals surface area contributed by atoms with Gasteiger partial charge in [-0.1, -0.05) is 0 Å². The maximum absolute atomic E-state index is 5.04. The normalized spacial score (nSPS) is 11.3. The maximum atomic E-state index is 5.04. The minimum atomic E-state index is 0.928. The Bertz CT molecular complexity index is 99.1. The minimum Gasteiger partial charge on any atom is -0.483 e. The Morgan fingerprint density at radius 2 is 2.22 bits per heavy atom. The van der Waals surface area contributed by atoms with E-state index in [4.69, 9.17) is 4.74 Å². The molecule has 0 saturated heterocycles. The molecule has 0 amide bonds. The molecule has 0 aromatic heterocycles. The van der Waals surface area contributed by atoms with Gasteiger partial charge in [0.05, 0.1) is 7.11 Å². The highest BCUT2D eigenvalue weighted by molar-refractivity contribution is 4.87. The second-order valence-electron chi connectivity index (χ2n) is 1.85. The van der Waals surface area contributed by atoms with Gasteiger partial charge in [0.25, 0.3) is 0 Å². The third kappa shape index (κ3) is 2.40. The zero-order valence-corrected chi connectivity index (χ0v) is 6.64. The molecular weight excluding hydrogens is 114 g/mol. The van der Waals surface area contributed by atoms with Gasteiger partial charge in [0.2, 0.25) is 0 Å². The van der Waals surface area contributed by atoms with Crippen molar-refractivity contribution in [3.8, 4) is 0 Å². The van der Waals surface area contributed by atoms with Gasteiger partial charge in [-0.2, -0.15) is 0 Å². The molecule has 0 aliphatic rings. The quantitative estimate of drug-likeness (QED) is 0.535. The molecule has 0 spiro atoms. The van der Waals surface area contributed by atoms with Gasteiger partial charge in [-0.3, -0.25) is 0 Å². The van der Waals surface area contributed by atoms with Crippen molar-refractivity contribution >= 4 is 0 Å². The van der Waals surface area contributed by atoms with Crippen molar-refractivity contribution in [1.82, 2.24) is 4.90 Å². The topological polar surface area (TPSA) is 12.5 Å². The number of allylic oxidation sites excluding steroid dienone is 1. The van der Waals surface area contributed by atoms with Gasteiger partial charge in [-0.05, 0) is 19.9 Å². The molecule has 0 unspecified atom stereocenters. The van der Waals surface area contributed by atoms with Gasteiger partial charge in [-0.15, -0.1) is 0 Å². The van der Waals surface area contributed by atoms with Crippen LogP contribution >= 0.6 is 0 Å². The molecule has 2 heteroatoms. The first kappa shape index (κ1) is 8.34. The second-order valence-corrected chi connectivity index (χ2v) is 1.85. The van der Waals surface area contributed by atoms with Crippen LogP contribution in [-0.4, -0.2) is 25.6 Å². The van der Waals surface area contributed by atoms with Gasteiger partial charge in [-0.25, -0.2) is 0 Å². The molecule has 0 saturated carbocycles. The Morgan fingerprint density at radius 1 is 1.67 bits per heavy atom. The fourth-order valence-corrected chi connectivity index (χ4v) is 0.650. The molecule has 0 rings (SSSR count). The van der Waals surface area contributed by atoms with Crippen molar-refractivity contribution in [2.75, 3.05) is 20.7 Å². The number of hydrogen-bond acceptors (Lipinski definition) is 2. The highest BCUT2D eigenvalue weighted by Gasteiger charge is 1.96. The van der Waals surface area contributed by atoms with E-state index in [-0.39, 0.29) is 0 Å². The molecule has 0 heterocycles. The van der Waals surface area contributed by atoms with Crippen LogP contribution in [0, 0.1) is 0 Å². The first-order chi connectivity index (χ1) is 4.26. The molecule has 9 heavy (non-hydrogen) atoms. The van der Waals surface area contributed by atoms with Crippen molar-refractivity contribution in [2.45, 2.75) is 13.8 Å². The van der Waals surface area contributed by atoms with Crippen molar-refractivity contribution in [2.24, 2.45) is 0 Å². The fraction of sp³-hybridized carbons (Fsp3) is 0.714. The summed E-state index contributed by atoms with van der Waals surface area (Å²) in [4.78, 5) is 2.04. The van der Waals surface area contributed by atoms with E-state index in [0.717, 1.165) is 12.4 Å². The van der Waals surface area contributed by atoms with Crippen LogP contribution in [0.4, 0.5) is 0 Å². The van der Waals surface area contributed by atoms with Crippen molar-refractivity contribution < 1.29 is 4.74 Å². The summed E-state index contributed by atoms with van der Waals surface area (Å²) in [6, 6.07) is 0. The van der Waals surface area contributed by atoms with E-state index in [1.807, 2.05) is 24.9 Å². The lowest BCUT2D eigenvalue weighted by atomic mass is 10.5. The van der Waals surface area contributed by atoms with Crippen LogP contribution in [0.1, 0.15) is 13.8 Å². The summed E-state index contributed by atoms with van der Waals surface area (Å²) < 4.78 is 5.04. The van der Waals surface area contributed by atoms with Crippen molar-refractivity contribution in [1.29, 1.82) is 0 Å². The summed E-state index contributed by atoms with van der Waals surface area (Å²) in [7, 11) is 3.68. The van der Waals surface area contributed by atoms with E-state index in [2.05, 4.69) is 6.92 Å². The average molecular weight is 129 g/mol. The summed E-state index contributed by atoms with van der Waals surface area (Å²) in [5.41, 5.74) is 0. The van der Waals surface area contributed by atoms with Gasteiger partial charge >= 0.3 is 0 Å². The van der Waals surface area contributed by atoms with Gasteiger partial charge in [0.1, 0.15) is 0 Å². The average Bonchev–Trinajstić information content (AvgIpc) is 1.90. The molecule has 0 N–H and O–H groups in total.